The van der Waals surface area contributed by atoms with Crippen LogP contribution in [-0.2, 0) is 24.3 Å². The van der Waals surface area contributed by atoms with Crippen molar-refractivity contribution in [2.24, 2.45) is 0 Å². The summed E-state index contributed by atoms with van der Waals surface area (Å²) in [4.78, 5) is 12.8. The van der Waals surface area contributed by atoms with E-state index in [9.17, 15) is 4.79 Å². The Bertz CT molecular complexity index is 1100. The molecule has 0 atom stereocenters. The van der Waals surface area contributed by atoms with Gasteiger partial charge in [0.1, 0.15) is 6.20 Å². The molecular weight excluding hydrogens is 441 g/mol. The zero-order valence-corrected chi connectivity index (χ0v) is 19.5. The van der Waals surface area contributed by atoms with Crippen LogP contribution in [0.1, 0.15) is 28.9 Å². The van der Waals surface area contributed by atoms with Crippen molar-refractivity contribution in [2.75, 3.05) is 5.32 Å². The van der Waals surface area contributed by atoms with Crippen LogP contribution in [0.4, 0.5) is 5.69 Å². The minimum Gasteiger partial charge on any atom is -1.00 e. The van der Waals surface area contributed by atoms with Crippen LogP contribution in [0, 0.1) is 20.8 Å². The Morgan fingerprint density at radius 1 is 1.10 bits per heavy atom. The average Bonchev–Trinajstić information content (AvgIpc) is 3.24. The number of imidazole rings is 1. The first-order valence-electron chi connectivity index (χ1n) is 9.78. The first-order valence-corrected chi connectivity index (χ1v) is 10.5. The number of amides is 1. The lowest BCUT2D eigenvalue weighted by molar-refractivity contribution is -0.690. The molecule has 0 aliphatic carbocycles. The number of aromatic nitrogens is 2. The molecule has 0 fully saturated rings. The van der Waals surface area contributed by atoms with Gasteiger partial charge in [-0.25, -0.2) is 9.13 Å². The normalized spacial score (nSPS) is 12.4. The van der Waals surface area contributed by atoms with Crippen LogP contribution in [-0.4, -0.2) is 10.5 Å². The summed E-state index contributed by atoms with van der Waals surface area (Å²) in [5, 5.41) is 4.18. The molecule has 0 bridgehead atoms. The number of anilines is 1. The van der Waals surface area contributed by atoms with Crippen LogP contribution in [0.25, 0.3) is 11.3 Å². The molecule has 1 amide bonds. The van der Waals surface area contributed by atoms with Crippen LogP contribution in [0.15, 0.2) is 36.5 Å². The maximum Gasteiger partial charge on any atom is 0.266 e. The molecule has 1 aliphatic rings. The molecule has 30 heavy (non-hydrogen) atoms. The lowest BCUT2D eigenvalue weighted by Gasteiger charge is -2.12. The molecule has 0 spiro atoms. The van der Waals surface area contributed by atoms with Gasteiger partial charge in [-0.2, -0.15) is 0 Å². The van der Waals surface area contributed by atoms with Gasteiger partial charge in [0.25, 0.3) is 11.7 Å². The minimum atomic E-state index is -0.0222. The van der Waals surface area contributed by atoms with Crippen molar-refractivity contribution in [3.05, 3.63) is 69.1 Å². The third-order valence-electron chi connectivity index (χ3n) is 5.46. The van der Waals surface area contributed by atoms with E-state index in [1.165, 1.54) is 11.4 Å². The molecule has 0 radical (unpaired) electrons. The molecule has 1 aliphatic heterocycles. The van der Waals surface area contributed by atoms with E-state index in [2.05, 4.69) is 33.5 Å². The summed E-state index contributed by atoms with van der Waals surface area (Å²) in [7, 11) is 0. The number of hydrogen-bond acceptors (Lipinski definition) is 1. The lowest BCUT2D eigenvalue weighted by Crippen LogP contribution is -3.00. The first kappa shape index (κ1) is 22.7. The number of carbonyl (C=O) groups excluding carboxylic acids is 1. The molecule has 0 unspecified atom stereocenters. The highest BCUT2D eigenvalue weighted by molar-refractivity contribution is 6.42. The first-order chi connectivity index (χ1) is 13.8. The van der Waals surface area contributed by atoms with Crippen LogP contribution in [0.2, 0.25) is 10.0 Å². The van der Waals surface area contributed by atoms with E-state index in [1.807, 2.05) is 38.2 Å². The molecule has 3 aromatic rings. The fourth-order valence-corrected chi connectivity index (χ4v) is 4.54. The van der Waals surface area contributed by atoms with Gasteiger partial charge < -0.3 is 17.7 Å². The van der Waals surface area contributed by atoms with Crippen molar-refractivity contribution in [3.63, 3.8) is 0 Å². The quantitative estimate of drug-likeness (QED) is 0.591. The van der Waals surface area contributed by atoms with Crippen molar-refractivity contribution in [1.29, 1.82) is 0 Å². The molecule has 0 saturated heterocycles. The predicted octanol–water partition coefficient (Wildman–Crippen LogP) is 2.26. The molecular formula is C23H24Cl3N3O. The largest absolute Gasteiger partial charge is 1.00 e. The van der Waals surface area contributed by atoms with E-state index in [0.717, 1.165) is 47.5 Å². The van der Waals surface area contributed by atoms with Crippen LogP contribution < -0.4 is 22.3 Å². The molecule has 0 saturated carbocycles. The summed E-state index contributed by atoms with van der Waals surface area (Å²) in [5.41, 5.74) is 6.34. The number of nitrogens with zero attached hydrogens (tertiary/aromatic N) is 2. The molecule has 4 rings (SSSR count). The van der Waals surface area contributed by atoms with E-state index >= 15 is 0 Å². The van der Waals surface area contributed by atoms with Gasteiger partial charge in [0, 0.05) is 11.3 Å². The van der Waals surface area contributed by atoms with Gasteiger partial charge in [-0.1, -0.05) is 40.9 Å². The summed E-state index contributed by atoms with van der Waals surface area (Å²) in [5.74, 6) is 1.14. The van der Waals surface area contributed by atoms with Crippen molar-refractivity contribution in [3.8, 4) is 11.3 Å². The van der Waals surface area contributed by atoms with Gasteiger partial charge in [0.2, 0.25) is 0 Å². The zero-order chi connectivity index (χ0) is 20.7. The monoisotopic (exact) mass is 463 g/mol. The zero-order valence-electron chi connectivity index (χ0n) is 17.2. The van der Waals surface area contributed by atoms with Gasteiger partial charge in [-0.3, -0.25) is 4.79 Å². The highest BCUT2D eigenvalue weighted by Crippen LogP contribution is 2.30. The molecule has 4 nitrogen and oxygen atoms in total. The fraction of sp³-hybridized carbons (Fsp3) is 0.304. The minimum absolute atomic E-state index is 0. The predicted molar refractivity (Wildman–Crippen MR) is 118 cm³/mol. The summed E-state index contributed by atoms with van der Waals surface area (Å²) < 4.78 is 4.33. The molecule has 2 aromatic carbocycles. The standard InChI is InChI=1S/C23H23Cl2N3O.ClH/c1-14-9-15(2)23(16(3)10-14)26-21(29)13-27-12-20(28-8-4-5-22(27)28)17-6-7-18(24)19(25)11-17;/h6-7,9-12H,4-5,8,13H2,1-3H3;1H. The number of rotatable bonds is 4. The maximum atomic E-state index is 12.8. The molecule has 1 N–H and O–H groups in total. The van der Waals surface area contributed by atoms with E-state index in [-0.39, 0.29) is 24.9 Å². The second-order valence-corrected chi connectivity index (χ2v) is 8.58. The van der Waals surface area contributed by atoms with Crippen molar-refractivity contribution >= 4 is 34.8 Å². The SMILES string of the molecule is Cc1cc(C)c(NC(=O)C[n+]2cc(-c3ccc(Cl)c(Cl)c3)n3c2CCC3)c(C)c1.[Cl-]. The van der Waals surface area contributed by atoms with Gasteiger partial charge >= 0.3 is 0 Å². The molecule has 158 valence electrons. The van der Waals surface area contributed by atoms with E-state index < -0.39 is 0 Å². The third kappa shape index (κ3) is 4.36. The van der Waals surface area contributed by atoms with E-state index in [0.29, 0.717) is 10.0 Å². The van der Waals surface area contributed by atoms with Gasteiger partial charge in [-0.15, -0.1) is 0 Å². The highest BCUT2D eigenvalue weighted by atomic mass is 35.5. The number of benzene rings is 2. The Hall–Kier alpha value is -2.01. The van der Waals surface area contributed by atoms with Crippen molar-refractivity contribution in [2.45, 2.75) is 46.7 Å². The number of fused-ring (bicyclic) bond motifs is 1. The van der Waals surface area contributed by atoms with Gasteiger partial charge in [-0.05, 0) is 56.5 Å². The van der Waals surface area contributed by atoms with Crippen LogP contribution >= 0.6 is 23.2 Å². The van der Waals surface area contributed by atoms with E-state index in [4.69, 9.17) is 23.2 Å². The fourth-order valence-electron chi connectivity index (χ4n) is 4.24. The second-order valence-electron chi connectivity index (χ2n) is 7.76. The number of halogens is 3. The summed E-state index contributed by atoms with van der Waals surface area (Å²) in [6, 6.07) is 9.85. The molecule has 2 heterocycles. The summed E-state index contributed by atoms with van der Waals surface area (Å²) >= 11 is 12.3. The number of hydrogen-bond donors (Lipinski definition) is 1. The molecule has 7 heteroatoms. The van der Waals surface area contributed by atoms with Crippen molar-refractivity contribution in [1.82, 2.24) is 4.57 Å². The average molecular weight is 465 g/mol. The summed E-state index contributed by atoms with van der Waals surface area (Å²) in [6.45, 7) is 7.35. The highest BCUT2D eigenvalue weighted by Gasteiger charge is 2.30. The Kier molecular flexibility index (Phi) is 6.81. The topological polar surface area (TPSA) is 37.9 Å². The Morgan fingerprint density at radius 3 is 2.47 bits per heavy atom. The smallest absolute Gasteiger partial charge is 0.266 e. The number of nitrogens with one attached hydrogen (secondary N) is 1. The summed E-state index contributed by atoms with van der Waals surface area (Å²) in [6.07, 6.45) is 4.07. The maximum absolute atomic E-state index is 12.8. The van der Waals surface area contributed by atoms with Crippen LogP contribution in [0.3, 0.4) is 0 Å². The Balaban J connectivity index is 0.00000256. The third-order valence-corrected chi connectivity index (χ3v) is 6.20. The lowest BCUT2D eigenvalue weighted by atomic mass is 10.1. The van der Waals surface area contributed by atoms with Crippen LogP contribution in [0.5, 0.6) is 0 Å². The Morgan fingerprint density at radius 2 is 1.80 bits per heavy atom. The Labute approximate surface area is 193 Å². The van der Waals surface area contributed by atoms with E-state index in [1.54, 1.807) is 0 Å². The number of carbonyl (C=O) groups is 1. The van der Waals surface area contributed by atoms with Gasteiger partial charge in [0.05, 0.1) is 23.0 Å². The second kappa shape index (κ2) is 9.01. The molecule has 1 aromatic heterocycles. The van der Waals surface area contributed by atoms with Crippen molar-refractivity contribution < 1.29 is 21.8 Å². The van der Waals surface area contributed by atoms with Gasteiger partial charge in [0.15, 0.2) is 12.2 Å². The number of aryl methyl sites for hydroxylation is 3.